The molecule has 0 radical (unpaired) electrons. The summed E-state index contributed by atoms with van der Waals surface area (Å²) in [5, 5.41) is 10.1. The monoisotopic (exact) mass is 429 g/mol. The first-order valence-electron chi connectivity index (χ1n) is 11.5. The van der Waals surface area contributed by atoms with Gasteiger partial charge in [-0.05, 0) is 70.6 Å². The Morgan fingerprint density at radius 1 is 1.16 bits per heavy atom. The van der Waals surface area contributed by atoms with E-state index in [-0.39, 0.29) is 6.04 Å². The summed E-state index contributed by atoms with van der Waals surface area (Å²) >= 11 is 0. The molecule has 0 saturated carbocycles. The van der Waals surface area contributed by atoms with Crippen LogP contribution in [0.1, 0.15) is 47.9 Å². The highest BCUT2D eigenvalue weighted by Gasteiger charge is 2.29. The van der Waals surface area contributed by atoms with E-state index in [4.69, 9.17) is 9.97 Å². The van der Waals surface area contributed by atoms with Crippen molar-refractivity contribution in [2.24, 2.45) is 0 Å². The Balaban J connectivity index is 1.47. The molecular formula is C25H31N7. The van der Waals surface area contributed by atoms with Crippen molar-refractivity contribution in [3.63, 3.8) is 0 Å². The van der Waals surface area contributed by atoms with Gasteiger partial charge in [0.2, 0.25) is 0 Å². The molecular weight excluding hydrogens is 398 g/mol. The Hall–Kier alpha value is -2.95. The van der Waals surface area contributed by atoms with Crippen molar-refractivity contribution in [1.82, 2.24) is 24.2 Å². The summed E-state index contributed by atoms with van der Waals surface area (Å²) in [6.07, 6.45) is 6.36. The van der Waals surface area contributed by atoms with E-state index in [2.05, 4.69) is 60.1 Å². The second-order valence-electron chi connectivity index (χ2n) is 9.32. The first-order chi connectivity index (χ1) is 15.6. The maximum absolute atomic E-state index is 10.1. The van der Waals surface area contributed by atoms with Crippen molar-refractivity contribution in [1.29, 1.82) is 5.26 Å². The van der Waals surface area contributed by atoms with Crippen molar-refractivity contribution in [2.75, 3.05) is 39.1 Å². The molecule has 0 N–H and O–H groups in total. The second-order valence-corrected chi connectivity index (χ2v) is 9.32. The van der Waals surface area contributed by atoms with Crippen LogP contribution in [0.25, 0.3) is 5.65 Å². The number of rotatable bonds is 5. The maximum atomic E-state index is 10.1. The van der Waals surface area contributed by atoms with Crippen molar-refractivity contribution >= 4 is 11.5 Å². The molecule has 1 saturated heterocycles. The predicted octanol–water partition coefficient (Wildman–Crippen LogP) is 3.25. The smallest absolute Gasteiger partial charge is 0.150 e. The van der Waals surface area contributed by atoms with Crippen LogP contribution in [-0.4, -0.2) is 64.4 Å². The van der Waals surface area contributed by atoms with Gasteiger partial charge in [0.15, 0.2) is 5.69 Å². The van der Waals surface area contributed by atoms with Gasteiger partial charge in [0.05, 0.1) is 17.4 Å². The number of nitrogens with zero attached hydrogens (tertiary/aromatic N) is 7. The van der Waals surface area contributed by atoms with Crippen LogP contribution in [0.15, 0.2) is 36.5 Å². The number of imidazole rings is 1. The molecule has 7 heteroatoms. The van der Waals surface area contributed by atoms with Gasteiger partial charge >= 0.3 is 0 Å². The number of likely N-dealkylation sites (N-methyl/N-ethyl adjacent to an activating group) is 1. The molecule has 5 rings (SSSR count). The van der Waals surface area contributed by atoms with Gasteiger partial charge in [-0.2, -0.15) is 5.26 Å². The van der Waals surface area contributed by atoms with E-state index >= 15 is 0 Å². The third-order valence-corrected chi connectivity index (χ3v) is 7.12. The molecule has 1 aliphatic heterocycles. The van der Waals surface area contributed by atoms with Crippen LogP contribution in [0.2, 0.25) is 0 Å². The minimum atomic E-state index is 0.259. The zero-order valence-corrected chi connectivity index (χ0v) is 19.2. The quantitative estimate of drug-likeness (QED) is 0.620. The predicted molar refractivity (Wildman–Crippen MR) is 126 cm³/mol. The number of hydrogen-bond donors (Lipinski definition) is 0. The molecule has 166 valence electrons. The standard InChI is InChI=1S/C25H31N7/c1-29(2)19-12-14-31(16-19)24-11-5-10-23-28-20(22(15-26)32(23)24)17-30(3)21-9-4-7-18-8-6-13-27-25(18)21/h5-6,8,10-11,13,19,21H,4,7,9,12,14,16-17H2,1-3H3/t19-,21+/m1/s1. The molecule has 0 bridgehead atoms. The summed E-state index contributed by atoms with van der Waals surface area (Å²) in [6.45, 7) is 2.59. The SMILES string of the molecule is CN(C)[C@@H]1CCN(c2cccc3nc(CN(C)[C@H]4CCCc5cccnc54)c(C#N)n23)C1. The summed E-state index contributed by atoms with van der Waals surface area (Å²) in [4.78, 5) is 16.6. The van der Waals surface area contributed by atoms with Crippen molar-refractivity contribution < 1.29 is 0 Å². The molecule has 0 aromatic carbocycles. The highest BCUT2D eigenvalue weighted by atomic mass is 15.3. The average molecular weight is 430 g/mol. The third-order valence-electron chi connectivity index (χ3n) is 7.12. The summed E-state index contributed by atoms with van der Waals surface area (Å²) in [7, 11) is 6.40. The number of pyridine rings is 2. The van der Waals surface area contributed by atoms with Crippen LogP contribution >= 0.6 is 0 Å². The molecule has 3 aromatic heterocycles. The lowest BCUT2D eigenvalue weighted by Gasteiger charge is -2.31. The van der Waals surface area contributed by atoms with Crippen LogP contribution in [-0.2, 0) is 13.0 Å². The highest BCUT2D eigenvalue weighted by Crippen LogP contribution is 2.33. The van der Waals surface area contributed by atoms with Crippen molar-refractivity contribution in [3.8, 4) is 6.07 Å². The Morgan fingerprint density at radius 3 is 2.81 bits per heavy atom. The fourth-order valence-electron chi connectivity index (χ4n) is 5.33. The van der Waals surface area contributed by atoms with Gasteiger partial charge in [0.25, 0.3) is 0 Å². The van der Waals surface area contributed by atoms with E-state index in [0.29, 0.717) is 18.3 Å². The minimum absolute atomic E-state index is 0.259. The number of nitriles is 1. The Bertz CT molecular complexity index is 1160. The fraction of sp³-hybridized carbons (Fsp3) is 0.480. The van der Waals surface area contributed by atoms with Gasteiger partial charge in [-0.15, -0.1) is 0 Å². The molecule has 7 nitrogen and oxygen atoms in total. The lowest BCUT2D eigenvalue weighted by molar-refractivity contribution is 0.206. The topological polar surface area (TPSA) is 63.7 Å². The Kier molecular flexibility index (Phi) is 5.58. The molecule has 0 unspecified atom stereocenters. The number of anilines is 1. The van der Waals surface area contributed by atoms with Gasteiger partial charge in [-0.1, -0.05) is 12.1 Å². The van der Waals surface area contributed by atoms with E-state index in [1.165, 1.54) is 11.3 Å². The molecule has 1 aliphatic carbocycles. The Labute approximate surface area is 189 Å². The van der Waals surface area contributed by atoms with E-state index in [1.54, 1.807) is 0 Å². The highest BCUT2D eigenvalue weighted by molar-refractivity contribution is 5.57. The molecule has 2 atom stereocenters. The van der Waals surface area contributed by atoms with Gasteiger partial charge < -0.3 is 9.80 Å². The van der Waals surface area contributed by atoms with Crippen molar-refractivity contribution in [3.05, 3.63) is 59.2 Å². The van der Waals surface area contributed by atoms with Gasteiger partial charge in [0.1, 0.15) is 17.5 Å². The summed E-state index contributed by atoms with van der Waals surface area (Å²) < 4.78 is 2.05. The number of hydrogen-bond acceptors (Lipinski definition) is 6. The van der Waals surface area contributed by atoms with E-state index in [9.17, 15) is 5.26 Å². The minimum Gasteiger partial charge on any atom is -0.356 e. The largest absolute Gasteiger partial charge is 0.356 e. The molecule has 1 fully saturated rings. The van der Waals surface area contributed by atoms with E-state index < -0.39 is 0 Å². The maximum Gasteiger partial charge on any atom is 0.150 e. The lowest BCUT2D eigenvalue weighted by Crippen LogP contribution is -2.32. The van der Waals surface area contributed by atoms with Gasteiger partial charge in [-0.25, -0.2) is 4.98 Å². The number of fused-ring (bicyclic) bond motifs is 2. The molecule has 0 amide bonds. The first-order valence-corrected chi connectivity index (χ1v) is 11.5. The molecule has 3 aromatic rings. The van der Waals surface area contributed by atoms with E-state index in [1.807, 2.05) is 22.7 Å². The molecule has 4 heterocycles. The van der Waals surface area contributed by atoms with Crippen LogP contribution < -0.4 is 4.90 Å². The van der Waals surface area contributed by atoms with Crippen LogP contribution in [0.5, 0.6) is 0 Å². The summed E-state index contributed by atoms with van der Waals surface area (Å²) in [5.74, 6) is 1.06. The summed E-state index contributed by atoms with van der Waals surface area (Å²) in [5.41, 5.74) is 4.86. The molecule has 0 spiro atoms. The normalized spacial score (nSPS) is 20.8. The van der Waals surface area contributed by atoms with Crippen LogP contribution in [0.4, 0.5) is 5.82 Å². The van der Waals surface area contributed by atoms with Crippen LogP contribution in [0, 0.1) is 11.3 Å². The fourth-order valence-corrected chi connectivity index (χ4v) is 5.33. The molecule has 2 aliphatic rings. The first kappa shape index (κ1) is 20.9. The summed E-state index contributed by atoms with van der Waals surface area (Å²) in [6, 6.07) is 13.6. The third kappa shape index (κ3) is 3.64. The van der Waals surface area contributed by atoms with Gasteiger partial charge in [0, 0.05) is 31.9 Å². The lowest BCUT2D eigenvalue weighted by atomic mass is 9.91. The van der Waals surface area contributed by atoms with Crippen LogP contribution in [0.3, 0.4) is 0 Å². The zero-order chi connectivity index (χ0) is 22.2. The Morgan fingerprint density at radius 2 is 2.03 bits per heavy atom. The van der Waals surface area contributed by atoms with E-state index in [0.717, 1.165) is 55.9 Å². The second kappa shape index (κ2) is 8.53. The molecule has 32 heavy (non-hydrogen) atoms. The average Bonchev–Trinajstić information content (AvgIpc) is 3.43. The number of aryl methyl sites for hydroxylation is 1. The number of aromatic nitrogens is 3. The zero-order valence-electron chi connectivity index (χ0n) is 19.2. The van der Waals surface area contributed by atoms with Gasteiger partial charge in [-0.3, -0.25) is 14.3 Å². The van der Waals surface area contributed by atoms with Crippen molar-refractivity contribution in [2.45, 2.75) is 44.3 Å².